The zero-order valence-electron chi connectivity index (χ0n) is 17.5. The summed E-state index contributed by atoms with van der Waals surface area (Å²) in [5.74, 6) is -0.388. The maximum absolute atomic E-state index is 11.9. The van der Waals surface area contributed by atoms with Gasteiger partial charge in [-0.25, -0.2) is 0 Å². The lowest BCUT2D eigenvalue weighted by Crippen LogP contribution is -2.44. The Hall–Kier alpha value is -2.87. The summed E-state index contributed by atoms with van der Waals surface area (Å²) in [7, 11) is 2.14. The summed E-state index contributed by atoms with van der Waals surface area (Å²) >= 11 is 7.61. The molecular weight excluding hydrogens is 444 g/mol. The molecule has 3 heterocycles. The highest BCUT2D eigenvalue weighted by Crippen LogP contribution is 2.35. The van der Waals surface area contributed by atoms with Gasteiger partial charge in [0.1, 0.15) is 0 Å². The van der Waals surface area contributed by atoms with Crippen molar-refractivity contribution in [3.05, 3.63) is 64.3 Å². The number of nitrogens with one attached hydrogen (secondary N) is 1. The van der Waals surface area contributed by atoms with Crippen molar-refractivity contribution in [2.45, 2.75) is 0 Å². The third-order valence-electron chi connectivity index (χ3n) is 5.81. The number of amides is 2. The van der Waals surface area contributed by atoms with Crippen molar-refractivity contribution in [2.75, 3.05) is 38.1 Å². The van der Waals surface area contributed by atoms with Crippen molar-refractivity contribution < 1.29 is 9.59 Å². The molecule has 0 atom stereocenters. The molecule has 2 saturated heterocycles. The molecule has 1 aromatic heterocycles. The van der Waals surface area contributed by atoms with Crippen molar-refractivity contribution in [2.24, 2.45) is 0 Å². The van der Waals surface area contributed by atoms with Gasteiger partial charge < -0.3 is 9.80 Å². The van der Waals surface area contributed by atoms with Crippen molar-refractivity contribution in [3.63, 3.8) is 0 Å². The van der Waals surface area contributed by atoms with E-state index in [4.69, 9.17) is 11.6 Å². The van der Waals surface area contributed by atoms with Crippen LogP contribution in [0.15, 0.2) is 53.6 Å². The monoisotopic (exact) mass is 464 g/mol. The fourth-order valence-electron chi connectivity index (χ4n) is 4.05. The van der Waals surface area contributed by atoms with Gasteiger partial charge in [0.15, 0.2) is 0 Å². The van der Waals surface area contributed by atoms with Crippen LogP contribution in [0.3, 0.4) is 0 Å². The Balaban J connectivity index is 1.51. The number of carbonyl (C=O) groups is 2. The Kier molecular flexibility index (Phi) is 5.63. The standard InChI is InChI=1S/C24H21ClN4O2S/c1-28-7-9-29(10-8-28)21-6-5-15(11-20(21)25)18-4-2-3-16-14-26-17(12-19(16)18)13-22-23(30)27-24(31)32-22/h2-6,11-14H,7-10H2,1H3,(H,27,30,31). The van der Waals surface area contributed by atoms with Gasteiger partial charge in [0.25, 0.3) is 11.1 Å². The first-order valence-corrected chi connectivity index (χ1v) is 11.5. The number of hydrogen-bond acceptors (Lipinski definition) is 6. The number of halogens is 1. The quantitative estimate of drug-likeness (QED) is 0.570. The molecule has 2 fully saturated rings. The lowest BCUT2D eigenvalue weighted by Gasteiger charge is -2.34. The molecule has 3 aromatic rings. The Bertz CT molecular complexity index is 1270. The Labute approximate surface area is 195 Å². The summed E-state index contributed by atoms with van der Waals surface area (Å²) in [4.78, 5) is 32.8. The fourth-order valence-corrected chi connectivity index (χ4v) is 5.02. The molecule has 162 valence electrons. The highest BCUT2D eigenvalue weighted by Gasteiger charge is 2.25. The van der Waals surface area contributed by atoms with Gasteiger partial charge in [-0.3, -0.25) is 19.9 Å². The number of imide groups is 1. The zero-order chi connectivity index (χ0) is 22.2. The summed E-state index contributed by atoms with van der Waals surface area (Å²) < 4.78 is 0. The highest BCUT2D eigenvalue weighted by atomic mass is 35.5. The van der Waals surface area contributed by atoms with E-state index < -0.39 is 0 Å². The third-order valence-corrected chi connectivity index (χ3v) is 6.92. The van der Waals surface area contributed by atoms with E-state index in [1.165, 1.54) is 0 Å². The van der Waals surface area contributed by atoms with Crippen molar-refractivity contribution in [3.8, 4) is 11.1 Å². The number of pyridine rings is 1. The predicted octanol–water partition coefficient (Wildman–Crippen LogP) is 4.63. The van der Waals surface area contributed by atoms with Gasteiger partial charge in [-0.2, -0.15) is 0 Å². The van der Waals surface area contributed by atoms with E-state index in [1.54, 1.807) is 12.3 Å². The smallest absolute Gasteiger partial charge is 0.290 e. The number of aromatic nitrogens is 1. The van der Waals surface area contributed by atoms with E-state index >= 15 is 0 Å². The first kappa shape index (κ1) is 21.0. The third kappa shape index (κ3) is 4.11. The molecule has 2 amide bonds. The van der Waals surface area contributed by atoms with Crippen LogP contribution in [0, 0.1) is 0 Å². The maximum Gasteiger partial charge on any atom is 0.290 e. The molecule has 0 aliphatic carbocycles. The molecule has 0 saturated carbocycles. The van der Waals surface area contributed by atoms with E-state index in [-0.39, 0.29) is 11.1 Å². The molecular formula is C24H21ClN4O2S. The number of benzene rings is 2. The summed E-state index contributed by atoms with van der Waals surface area (Å²) in [5, 5.41) is 4.64. The average Bonchev–Trinajstić information content (AvgIpc) is 3.10. The molecule has 8 heteroatoms. The first-order chi connectivity index (χ1) is 15.5. The van der Waals surface area contributed by atoms with Crippen LogP contribution in [0.25, 0.3) is 28.0 Å². The first-order valence-electron chi connectivity index (χ1n) is 10.3. The van der Waals surface area contributed by atoms with E-state index in [2.05, 4.69) is 45.3 Å². The average molecular weight is 465 g/mol. The second kappa shape index (κ2) is 8.58. The minimum atomic E-state index is -0.388. The Morgan fingerprint density at radius 2 is 1.91 bits per heavy atom. The van der Waals surface area contributed by atoms with Crippen molar-refractivity contribution in [1.29, 1.82) is 0 Å². The number of nitrogens with zero attached hydrogens (tertiary/aromatic N) is 3. The second-order valence-electron chi connectivity index (χ2n) is 7.94. The molecule has 2 aromatic carbocycles. The number of piperazine rings is 1. The summed E-state index contributed by atoms with van der Waals surface area (Å²) in [6.45, 7) is 3.96. The SMILES string of the molecule is CN1CCN(c2ccc(-c3cccc4cnc(C=C5SC(=O)NC5=O)cc34)cc2Cl)CC1. The summed E-state index contributed by atoms with van der Waals surface area (Å²) in [6, 6.07) is 14.2. The molecule has 1 N–H and O–H groups in total. The van der Waals surface area contributed by atoms with Crippen molar-refractivity contribution in [1.82, 2.24) is 15.2 Å². The highest BCUT2D eigenvalue weighted by molar-refractivity contribution is 8.18. The van der Waals surface area contributed by atoms with E-state index in [9.17, 15) is 9.59 Å². The fraction of sp³-hybridized carbons (Fsp3) is 0.208. The van der Waals surface area contributed by atoms with Crippen LogP contribution in [-0.2, 0) is 4.79 Å². The molecule has 0 radical (unpaired) electrons. The number of fused-ring (bicyclic) bond motifs is 1. The maximum atomic E-state index is 11.9. The van der Waals surface area contributed by atoms with Crippen LogP contribution < -0.4 is 10.2 Å². The van der Waals surface area contributed by atoms with Crippen molar-refractivity contribution >= 4 is 57.0 Å². The lowest BCUT2D eigenvalue weighted by atomic mass is 9.98. The predicted molar refractivity (Wildman–Crippen MR) is 131 cm³/mol. The Morgan fingerprint density at radius 3 is 2.62 bits per heavy atom. The van der Waals surface area contributed by atoms with Crippen LogP contribution in [0.4, 0.5) is 10.5 Å². The number of hydrogen-bond donors (Lipinski definition) is 1. The Morgan fingerprint density at radius 1 is 1.09 bits per heavy atom. The number of anilines is 1. The molecule has 32 heavy (non-hydrogen) atoms. The van der Waals surface area contributed by atoms with Crippen LogP contribution >= 0.6 is 23.4 Å². The molecule has 5 rings (SSSR count). The molecule has 0 spiro atoms. The van der Waals surface area contributed by atoms with Gasteiger partial charge in [0.2, 0.25) is 0 Å². The molecule has 2 aliphatic heterocycles. The largest absolute Gasteiger partial charge is 0.368 e. The normalized spacial score (nSPS) is 18.6. The summed E-state index contributed by atoms with van der Waals surface area (Å²) in [5.41, 5.74) is 3.74. The van der Waals surface area contributed by atoms with Gasteiger partial charge in [-0.05, 0) is 59.6 Å². The van der Waals surface area contributed by atoms with Crippen LogP contribution in [-0.4, -0.2) is 54.3 Å². The molecule has 0 bridgehead atoms. The van der Waals surface area contributed by atoms with Crippen LogP contribution in [0.2, 0.25) is 5.02 Å². The molecule has 6 nitrogen and oxygen atoms in total. The topological polar surface area (TPSA) is 65.5 Å². The van der Waals surface area contributed by atoms with Crippen LogP contribution in [0.5, 0.6) is 0 Å². The number of thioether (sulfide) groups is 1. The van der Waals surface area contributed by atoms with E-state index in [0.717, 1.165) is 70.6 Å². The summed E-state index contributed by atoms with van der Waals surface area (Å²) in [6.07, 6.45) is 3.43. The zero-order valence-corrected chi connectivity index (χ0v) is 19.0. The molecule has 0 unspecified atom stereocenters. The minimum Gasteiger partial charge on any atom is -0.368 e. The van der Waals surface area contributed by atoms with Gasteiger partial charge >= 0.3 is 0 Å². The van der Waals surface area contributed by atoms with Gasteiger partial charge in [0, 0.05) is 37.8 Å². The number of rotatable bonds is 3. The van der Waals surface area contributed by atoms with Gasteiger partial charge in [-0.1, -0.05) is 35.9 Å². The minimum absolute atomic E-state index is 0.346. The van der Waals surface area contributed by atoms with Crippen LogP contribution in [0.1, 0.15) is 5.69 Å². The van der Waals surface area contributed by atoms with Gasteiger partial charge in [0.05, 0.1) is 21.3 Å². The van der Waals surface area contributed by atoms with Gasteiger partial charge in [-0.15, -0.1) is 0 Å². The number of carbonyl (C=O) groups excluding carboxylic acids is 2. The molecule has 2 aliphatic rings. The lowest BCUT2D eigenvalue weighted by molar-refractivity contribution is -0.115. The second-order valence-corrected chi connectivity index (χ2v) is 9.37. The number of likely N-dealkylation sites (N-methyl/N-ethyl adjacent to an activating group) is 1. The van der Waals surface area contributed by atoms with E-state index in [0.29, 0.717) is 10.6 Å². The van der Waals surface area contributed by atoms with E-state index in [1.807, 2.05) is 24.3 Å².